The van der Waals surface area contributed by atoms with Crippen LogP contribution in [0.5, 0.6) is 0 Å². The molecule has 3 aromatic rings. The smallest absolute Gasteiger partial charge is 0.326 e. The molecule has 39 heavy (non-hydrogen) atoms. The maximum absolute atomic E-state index is 13.4. The van der Waals surface area contributed by atoms with Crippen LogP contribution in [0.4, 0.5) is 0 Å². The zero-order valence-corrected chi connectivity index (χ0v) is 23.2. The Hall–Kier alpha value is -3.44. The molecule has 0 saturated heterocycles. The summed E-state index contributed by atoms with van der Waals surface area (Å²) < 4.78 is 0. The van der Waals surface area contributed by atoms with E-state index in [9.17, 15) is 14.7 Å². The Morgan fingerprint density at radius 3 is 2.31 bits per heavy atom. The van der Waals surface area contributed by atoms with Gasteiger partial charge >= 0.3 is 5.97 Å². The van der Waals surface area contributed by atoms with E-state index < -0.39 is 12.0 Å². The van der Waals surface area contributed by atoms with E-state index in [-0.39, 0.29) is 11.4 Å². The summed E-state index contributed by atoms with van der Waals surface area (Å²) in [5.41, 5.74) is 6.27. The lowest BCUT2D eigenvalue weighted by Gasteiger charge is -2.51. The second-order valence-electron chi connectivity index (χ2n) is 11.4. The van der Waals surface area contributed by atoms with Crippen molar-refractivity contribution in [2.75, 3.05) is 0 Å². The van der Waals surface area contributed by atoms with Crippen LogP contribution < -0.4 is 5.32 Å². The van der Waals surface area contributed by atoms with E-state index in [2.05, 4.69) is 65.7 Å². The number of hydrogen-bond acceptors (Lipinski definition) is 3. The van der Waals surface area contributed by atoms with Gasteiger partial charge in [-0.3, -0.25) is 9.69 Å². The molecule has 5 rings (SSSR count). The van der Waals surface area contributed by atoms with Gasteiger partial charge in [0.1, 0.15) is 6.04 Å². The molecule has 5 heteroatoms. The van der Waals surface area contributed by atoms with Gasteiger partial charge in [0.25, 0.3) is 5.91 Å². The topological polar surface area (TPSA) is 69.6 Å². The van der Waals surface area contributed by atoms with Crippen molar-refractivity contribution in [3.63, 3.8) is 0 Å². The Labute approximate surface area is 232 Å². The normalized spacial score (nSPS) is 16.9. The predicted octanol–water partition coefficient (Wildman–Crippen LogP) is 6.77. The van der Waals surface area contributed by atoms with Gasteiger partial charge in [-0.05, 0) is 91.8 Å². The van der Waals surface area contributed by atoms with Gasteiger partial charge in [-0.15, -0.1) is 0 Å². The number of carboxylic acid groups (broad SMARTS) is 1. The zero-order chi connectivity index (χ0) is 27.4. The molecule has 2 N–H and O–H groups in total. The van der Waals surface area contributed by atoms with Crippen molar-refractivity contribution in [2.24, 2.45) is 0 Å². The first-order valence-electron chi connectivity index (χ1n) is 14.4. The first-order valence-corrected chi connectivity index (χ1v) is 14.4. The summed E-state index contributed by atoms with van der Waals surface area (Å²) in [6.07, 6.45) is 8.36. The minimum atomic E-state index is -0.997. The van der Waals surface area contributed by atoms with E-state index in [1.807, 2.05) is 31.2 Å². The Bertz CT molecular complexity index is 1310. The van der Waals surface area contributed by atoms with Crippen LogP contribution in [0.3, 0.4) is 0 Å². The minimum Gasteiger partial charge on any atom is -0.480 e. The van der Waals surface area contributed by atoms with Crippen LogP contribution in [0, 0.1) is 6.92 Å². The van der Waals surface area contributed by atoms with Gasteiger partial charge in [-0.25, -0.2) is 4.79 Å². The van der Waals surface area contributed by atoms with E-state index in [0.29, 0.717) is 24.4 Å². The van der Waals surface area contributed by atoms with Crippen LogP contribution >= 0.6 is 0 Å². The number of rotatable bonds is 12. The number of carbonyl (C=O) groups excluding carboxylic acids is 1. The highest BCUT2D eigenvalue weighted by atomic mass is 16.4. The number of carbonyl (C=O) groups is 2. The van der Waals surface area contributed by atoms with E-state index >= 15 is 0 Å². The van der Waals surface area contributed by atoms with Crippen LogP contribution in [0.25, 0.3) is 11.1 Å². The quantitative estimate of drug-likeness (QED) is 0.274. The molecule has 1 atom stereocenters. The fraction of sp³-hybridized carbons (Fsp3) is 0.412. The third-order valence-electron chi connectivity index (χ3n) is 8.55. The molecule has 1 amide bonds. The first kappa shape index (κ1) is 27.1. The largest absolute Gasteiger partial charge is 0.480 e. The molecule has 3 aromatic carbocycles. The summed E-state index contributed by atoms with van der Waals surface area (Å²) in [6, 6.07) is 24.8. The summed E-state index contributed by atoms with van der Waals surface area (Å²) in [5, 5.41) is 12.4. The zero-order valence-electron chi connectivity index (χ0n) is 23.2. The molecule has 2 saturated carbocycles. The SMILES string of the molecule is CCC[C@H](NC(=O)c1ccc(CN(C2CC2)C2(Cc3ccccc3)CCC2)cc1-c1ccccc1C)C(=O)O. The molecule has 0 unspecified atom stereocenters. The number of hydrogen-bond donors (Lipinski definition) is 2. The average Bonchev–Trinajstić information content (AvgIpc) is 3.75. The number of benzene rings is 3. The van der Waals surface area contributed by atoms with Crippen molar-refractivity contribution in [1.82, 2.24) is 10.2 Å². The lowest BCUT2D eigenvalue weighted by molar-refractivity contribution is -0.139. The second kappa shape index (κ2) is 11.7. The lowest BCUT2D eigenvalue weighted by Crippen LogP contribution is -2.55. The number of carboxylic acids is 1. The summed E-state index contributed by atoms with van der Waals surface area (Å²) in [6.45, 7) is 4.83. The summed E-state index contributed by atoms with van der Waals surface area (Å²) in [4.78, 5) is 27.9. The van der Waals surface area contributed by atoms with Gasteiger partial charge < -0.3 is 10.4 Å². The summed E-state index contributed by atoms with van der Waals surface area (Å²) >= 11 is 0. The Morgan fingerprint density at radius 2 is 1.69 bits per heavy atom. The van der Waals surface area contributed by atoms with Crippen molar-refractivity contribution in [3.8, 4) is 11.1 Å². The minimum absolute atomic E-state index is 0.191. The first-order chi connectivity index (χ1) is 18.9. The molecule has 5 nitrogen and oxygen atoms in total. The van der Waals surface area contributed by atoms with Gasteiger partial charge in [0.15, 0.2) is 0 Å². The summed E-state index contributed by atoms with van der Waals surface area (Å²) in [5.74, 6) is -1.33. The maximum atomic E-state index is 13.4. The third kappa shape index (κ3) is 6.09. The number of aryl methyl sites for hydroxylation is 1. The molecule has 0 spiro atoms. The van der Waals surface area contributed by atoms with Gasteiger partial charge in [0, 0.05) is 23.7 Å². The van der Waals surface area contributed by atoms with Crippen molar-refractivity contribution in [1.29, 1.82) is 0 Å². The van der Waals surface area contributed by atoms with Crippen molar-refractivity contribution >= 4 is 11.9 Å². The molecule has 2 aliphatic carbocycles. The Balaban J connectivity index is 1.47. The van der Waals surface area contributed by atoms with E-state index in [4.69, 9.17) is 0 Å². The fourth-order valence-electron chi connectivity index (χ4n) is 6.16. The lowest BCUT2D eigenvalue weighted by atomic mass is 9.71. The molecule has 0 bridgehead atoms. The molecular weight excluding hydrogens is 484 g/mol. The molecule has 0 aliphatic heterocycles. The summed E-state index contributed by atoms with van der Waals surface area (Å²) in [7, 11) is 0. The van der Waals surface area contributed by atoms with Crippen LogP contribution in [-0.2, 0) is 17.8 Å². The molecule has 2 aliphatic rings. The van der Waals surface area contributed by atoms with Crippen LogP contribution in [-0.4, -0.2) is 39.5 Å². The number of nitrogens with zero attached hydrogens (tertiary/aromatic N) is 1. The van der Waals surface area contributed by atoms with Gasteiger partial charge in [-0.2, -0.15) is 0 Å². The van der Waals surface area contributed by atoms with Crippen LogP contribution in [0.2, 0.25) is 0 Å². The van der Waals surface area contributed by atoms with Crippen molar-refractivity contribution in [3.05, 3.63) is 95.1 Å². The number of aliphatic carboxylic acids is 1. The maximum Gasteiger partial charge on any atom is 0.326 e. The fourth-order valence-corrected chi connectivity index (χ4v) is 6.16. The van der Waals surface area contributed by atoms with E-state index in [1.54, 1.807) is 0 Å². The molecule has 0 heterocycles. The third-order valence-corrected chi connectivity index (χ3v) is 8.55. The monoisotopic (exact) mass is 524 g/mol. The average molecular weight is 525 g/mol. The van der Waals surface area contributed by atoms with E-state index in [0.717, 1.165) is 29.7 Å². The van der Waals surface area contributed by atoms with Crippen LogP contribution in [0.15, 0.2) is 72.8 Å². The highest BCUT2D eigenvalue weighted by Crippen LogP contribution is 2.47. The highest BCUT2D eigenvalue weighted by molar-refractivity contribution is 6.02. The molecule has 204 valence electrons. The highest BCUT2D eigenvalue weighted by Gasteiger charge is 2.47. The Kier molecular flexibility index (Phi) is 8.18. The molecule has 2 fully saturated rings. The van der Waals surface area contributed by atoms with Crippen LogP contribution in [0.1, 0.15) is 78.9 Å². The predicted molar refractivity (Wildman–Crippen MR) is 156 cm³/mol. The Morgan fingerprint density at radius 1 is 0.974 bits per heavy atom. The molecular formula is C34H40N2O3. The van der Waals surface area contributed by atoms with Crippen molar-refractivity contribution in [2.45, 2.75) is 89.4 Å². The van der Waals surface area contributed by atoms with E-state index in [1.165, 1.54) is 43.2 Å². The molecule has 0 radical (unpaired) electrons. The number of amides is 1. The standard InChI is InChI=1S/C34H40N2O3/c1-3-10-31(33(38)39)35-32(37)29-18-15-26(21-30(29)28-14-8-7-11-24(28)2)23-36(27-16-17-27)34(19-9-20-34)22-25-12-5-4-6-13-25/h4-8,11-15,18,21,27,31H,3,9-10,16-17,19-20,22-23H2,1-2H3,(H,35,37)(H,38,39)/t31-/m0/s1. The molecule has 0 aromatic heterocycles. The number of nitrogens with one attached hydrogen (secondary N) is 1. The second-order valence-corrected chi connectivity index (χ2v) is 11.4. The van der Waals surface area contributed by atoms with Gasteiger partial charge in [0.05, 0.1) is 0 Å². The van der Waals surface area contributed by atoms with Gasteiger partial charge in [0.2, 0.25) is 0 Å². The van der Waals surface area contributed by atoms with Gasteiger partial charge in [-0.1, -0.05) is 74.0 Å². The van der Waals surface area contributed by atoms with Crippen molar-refractivity contribution < 1.29 is 14.7 Å².